The quantitative estimate of drug-likeness (QED) is 0.471. The number of benzene rings is 1. The topological polar surface area (TPSA) is 50.3 Å². The lowest BCUT2D eigenvalue weighted by atomic mass is 9.50. The number of hydrogen-bond donors (Lipinski definition) is 1. The third-order valence-electron chi connectivity index (χ3n) is 8.27. The summed E-state index contributed by atoms with van der Waals surface area (Å²) < 4.78 is 47.4. The van der Waals surface area contributed by atoms with Crippen molar-refractivity contribution in [2.75, 3.05) is 18.4 Å². The van der Waals surface area contributed by atoms with Gasteiger partial charge in [0, 0.05) is 30.8 Å². The van der Waals surface area contributed by atoms with Crippen molar-refractivity contribution < 1.29 is 17.9 Å². The highest BCUT2D eigenvalue weighted by Gasteiger charge is 2.50. The fraction of sp³-hybridized carbons (Fsp3) is 0.630. The monoisotopic (exact) mass is 508 g/mol. The number of fused-ring (bicyclic) bond motifs is 1. The number of hydrogen-bond acceptors (Lipinski definition) is 5. The van der Waals surface area contributed by atoms with Crippen LogP contribution in [0.25, 0.3) is 11.3 Å². The number of halogens is 3. The molecule has 2 aliphatic heterocycles. The van der Waals surface area contributed by atoms with Crippen molar-refractivity contribution in [2.24, 2.45) is 17.8 Å². The number of aromatic nitrogens is 2. The average Bonchev–Trinajstić information content (AvgIpc) is 3.34. The van der Waals surface area contributed by atoms with Gasteiger partial charge in [-0.3, -0.25) is 0 Å². The van der Waals surface area contributed by atoms with Gasteiger partial charge in [0.2, 0.25) is 0 Å². The molecule has 2 saturated heterocycles. The summed E-state index contributed by atoms with van der Waals surface area (Å²) in [5.74, 6) is -1.65. The van der Waals surface area contributed by atoms with Gasteiger partial charge in [0.15, 0.2) is 11.6 Å². The van der Waals surface area contributed by atoms with Crippen LogP contribution in [-0.4, -0.2) is 66.5 Å². The van der Waals surface area contributed by atoms with E-state index in [1.54, 1.807) is 6.07 Å². The van der Waals surface area contributed by atoms with E-state index in [-0.39, 0.29) is 34.4 Å². The molecule has 1 N–H and O–H groups in total. The maximum absolute atomic E-state index is 14.1. The molecule has 0 bridgehead atoms. The van der Waals surface area contributed by atoms with Gasteiger partial charge in [-0.15, -0.1) is 10.2 Å². The Morgan fingerprint density at radius 3 is 2.16 bits per heavy atom. The molecule has 1 unspecified atom stereocenters. The summed E-state index contributed by atoms with van der Waals surface area (Å²) in [5, 5.41) is 10.6. The summed E-state index contributed by atoms with van der Waals surface area (Å²) >= 11 is 0. The minimum absolute atomic E-state index is 0.0714. The first-order valence-electron chi connectivity index (χ1n) is 13.0. The van der Waals surface area contributed by atoms with Crippen molar-refractivity contribution in [3.8, 4) is 11.3 Å². The normalized spacial score (nSPS) is 27.8. The third-order valence-corrected chi connectivity index (χ3v) is 8.27. The van der Waals surface area contributed by atoms with Gasteiger partial charge in [-0.1, -0.05) is 5.34 Å². The van der Waals surface area contributed by atoms with E-state index >= 15 is 0 Å². The number of rotatable bonds is 5. The predicted octanol–water partition coefficient (Wildman–Crippen LogP) is 4.66. The molecule has 1 saturated carbocycles. The zero-order chi connectivity index (χ0) is 26.8. The molecule has 3 heterocycles. The molecular weight excluding hydrogens is 475 g/mol. The van der Waals surface area contributed by atoms with Gasteiger partial charge >= 0.3 is 0 Å². The fourth-order valence-corrected chi connectivity index (χ4v) is 6.91. The minimum Gasteiger partial charge on any atom is -0.370 e. The third kappa shape index (κ3) is 5.42. The number of anilines is 1. The Bertz CT molecular complexity index is 1130. The minimum atomic E-state index is -1.26. The van der Waals surface area contributed by atoms with Crippen LogP contribution in [0.1, 0.15) is 53.4 Å². The zero-order valence-corrected chi connectivity index (χ0v) is 21.9. The van der Waals surface area contributed by atoms with Gasteiger partial charge in [0.05, 0.1) is 32.6 Å². The van der Waals surface area contributed by atoms with Crippen LogP contribution in [0.3, 0.4) is 0 Å². The van der Waals surface area contributed by atoms with Gasteiger partial charge in [0.25, 0.3) is 0 Å². The first-order valence-corrected chi connectivity index (χ1v) is 13.0. The van der Waals surface area contributed by atoms with E-state index in [2.05, 4.69) is 48.1 Å². The Balaban J connectivity index is 1.19. The molecular formula is C27H33B2F3N4O. The largest absolute Gasteiger partial charge is 0.370 e. The molecule has 5 nitrogen and oxygen atoms in total. The number of likely N-dealkylation sites (tertiary alicyclic amines) is 1. The van der Waals surface area contributed by atoms with E-state index in [0.717, 1.165) is 44.8 Å². The van der Waals surface area contributed by atoms with Crippen LogP contribution in [0.2, 0.25) is 0 Å². The van der Waals surface area contributed by atoms with Gasteiger partial charge in [0.1, 0.15) is 11.6 Å². The van der Waals surface area contributed by atoms with E-state index in [4.69, 9.17) is 20.4 Å². The Morgan fingerprint density at radius 2 is 1.59 bits per heavy atom. The molecule has 1 aromatic heterocycles. The molecule has 1 aliphatic carbocycles. The van der Waals surface area contributed by atoms with E-state index in [1.165, 1.54) is 6.07 Å². The summed E-state index contributed by atoms with van der Waals surface area (Å²) in [6.07, 6.45) is 3.55. The number of nitrogens with zero attached hydrogens (tertiary/aromatic N) is 3. The predicted molar refractivity (Wildman–Crippen MR) is 139 cm³/mol. The first kappa shape index (κ1) is 26.5. The summed E-state index contributed by atoms with van der Waals surface area (Å²) in [7, 11) is 13.7. The second-order valence-corrected chi connectivity index (χ2v) is 12.4. The lowest BCUT2D eigenvalue weighted by molar-refractivity contribution is -0.179. The smallest absolute Gasteiger partial charge is 0.168 e. The molecule has 0 amide bonds. The van der Waals surface area contributed by atoms with E-state index < -0.39 is 22.8 Å². The summed E-state index contributed by atoms with van der Waals surface area (Å²) in [4.78, 5) is 2.27. The van der Waals surface area contributed by atoms with Crippen molar-refractivity contribution in [2.45, 2.75) is 76.0 Å². The van der Waals surface area contributed by atoms with Crippen molar-refractivity contribution in [1.29, 1.82) is 0 Å². The standard InChI is InChI=1S/C27H33B2F3N4O/c1-25(2)11-17(12-26(3,4)37-25)27(28,29)36-13-15-7-19(8-16(15)14-36)33-23-6-5-22(34-35-23)20-9-18(30)10-21(31)24(20)32/h5-6,9-10,15-17,19H,7-8,11-14H2,1-4H3,(H,33,35)/t15-,16+,19?. The number of ether oxygens (including phenoxy) is 1. The maximum Gasteiger partial charge on any atom is 0.168 e. The van der Waals surface area contributed by atoms with Crippen LogP contribution >= 0.6 is 0 Å². The lowest BCUT2D eigenvalue weighted by Gasteiger charge is -2.53. The maximum atomic E-state index is 14.1. The molecule has 10 heteroatoms. The van der Waals surface area contributed by atoms with Crippen LogP contribution in [-0.2, 0) is 4.74 Å². The molecule has 1 aromatic carbocycles. The summed E-state index contributed by atoms with van der Waals surface area (Å²) in [6.45, 7) is 10.1. The van der Waals surface area contributed by atoms with Crippen LogP contribution in [0.5, 0.6) is 0 Å². The fourth-order valence-electron chi connectivity index (χ4n) is 6.91. The molecule has 4 radical (unpaired) electrons. The highest BCUT2D eigenvalue weighted by Crippen LogP contribution is 2.47. The Labute approximate surface area is 219 Å². The molecule has 5 rings (SSSR count). The second-order valence-electron chi connectivity index (χ2n) is 12.4. The Hall–Kier alpha value is -2.06. The van der Waals surface area contributed by atoms with Crippen molar-refractivity contribution >= 4 is 21.5 Å². The van der Waals surface area contributed by atoms with Gasteiger partial charge in [-0.2, -0.15) is 0 Å². The van der Waals surface area contributed by atoms with Gasteiger partial charge < -0.3 is 15.0 Å². The zero-order valence-electron chi connectivity index (χ0n) is 21.9. The molecule has 37 heavy (non-hydrogen) atoms. The van der Waals surface area contributed by atoms with E-state index in [1.807, 2.05) is 0 Å². The molecule has 0 spiro atoms. The summed E-state index contributed by atoms with van der Waals surface area (Å²) in [5.41, 5.74) is -0.726. The second kappa shape index (κ2) is 9.30. The highest BCUT2D eigenvalue weighted by molar-refractivity contribution is 6.40. The molecule has 2 aromatic rings. The van der Waals surface area contributed by atoms with Crippen molar-refractivity contribution in [3.05, 3.63) is 41.7 Å². The van der Waals surface area contributed by atoms with Gasteiger partial charge in [-0.25, -0.2) is 13.2 Å². The lowest BCUT2D eigenvalue weighted by Crippen LogP contribution is -2.60. The Kier molecular flexibility index (Phi) is 6.67. The van der Waals surface area contributed by atoms with Crippen LogP contribution in [0.4, 0.5) is 19.0 Å². The number of nitrogens with one attached hydrogen (secondary N) is 1. The highest BCUT2D eigenvalue weighted by atomic mass is 19.2. The van der Waals surface area contributed by atoms with Gasteiger partial charge in [-0.05, 0) is 89.3 Å². The first-order chi connectivity index (χ1) is 17.2. The van der Waals surface area contributed by atoms with E-state index in [0.29, 0.717) is 23.7 Å². The van der Waals surface area contributed by atoms with Crippen molar-refractivity contribution in [1.82, 2.24) is 15.1 Å². The van der Waals surface area contributed by atoms with Crippen LogP contribution in [0, 0.1) is 35.2 Å². The summed E-state index contributed by atoms with van der Waals surface area (Å²) in [6, 6.07) is 4.80. The molecule has 3 fully saturated rings. The molecule has 3 aliphatic rings. The Morgan fingerprint density at radius 1 is 0.973 bits per heavy atom. The average molecular weight is 508 g/mol. The van der Waals surface area contributed by atoms with Crippen molar-refractivity contribution in [3.63, 3.8) is 0 Å². The van der Waals surface area contributed by atoms with E-state index in [9.17, 15) is 13.2 Å². The SMILES string of the molecule is [B]C([B])(C1CC(C)(C)OC(C)(C)C1)N1C[C@H]2CC(Nc3ccc(-c4cc(F)cc(F)c4F)nn3)C[C@H]2C1. The van der Waals surface area contributed by atoms with Crippen LogP contribution in [0.15, 0.2) is 24.3 Å². The van der Waals surface area contributed by atoms with Crippen LogP contribution < -0.4 is 5.32 Å². The molecule has 194 valence electrons. The molecule has 3 atom stereocenters.